The summed E-state index contributed by atoms with van der Waals surface area (Å²) in [7, 11) is 0. The molecule has 0 radical (unpaired) electrons. The number of carbonyl (C=O) groups excluding carboxylic acids is 2. The summed E-state index contributed by atoms with van der Waals surface area (Å²) in [6, 6.07) is 23.5. The van der Waals surface area contributed by atoms with Crippen LogP contribution < -0.4 is 20.3 Å². The molecule has 6 nitrogen and oxygen atoms in total. The van der Waals surface area contributed by atoms with E-state index >= 15 is 0 Å². The van der Waals surface area contributed by atoms with E-state index in [1.807, 2.05) is 44.2 Å². The first-order chi connectivity index (χ1) is 15.0. The molecule has 0 spiro atoms. The summed E-state index contributed by atoms with van der Waals surface area (Å²) in [5, 5.41) is 0. The van der Waals surface area contributed by atoms with Crippen LogP contribution in [0.5, 0.6) is 11.5 Å². The topological polar surface area (TPSA) is 76.7 Å². The molecule has 0 aromatic heterocycles. The second-order valence-corrected chi connectivity index (χ2v) is 7.41. The highest BCUT2D eigenvalue weighted by Crippen LogP contribution is 2.18. The number of hydrazine groups is 1. The number of ether oxygens (including phenoxy) is 2. The summed E-state index contributed by atoms with van der Waals surface area (Å²) in [6.07, 6.45) is 0. The molecule has 0 atom stereocenters. The minimum absolute atomic E-state index is 0.329. The van der Waals surface area contributed by atoms with Crippen LogP contribution >= 0.6 is 0 Å². The molecule has 3 aromatic rings. The smallest absolute Gasteiger partial charge is 0.273 e. The number of hydrogen-bond acceptors (Lipinski definition) is 4. The second-order valence-electron chi connectivity index (χ2n) is 7.41. The Kier molecular flexibility index (Phi) is 7.65. The molecule has 0 aliphatic carbocycles. The third-order valence-electron chi connectivity index (χ3n) is 4.36. The predicted molar refractivity (Wildman–Crippen MR) is 119 cm³/mol. The molecule has 0 aliphatic rings. The Hall–Kier alpha value is -3.80. The minimum Gasteiger partial charge on any atom is -0.492 e. The zero-order valence-corrected chi connectivity index (χ0v) is 17.6. The van der Waals surface area contributed by atoms with E-state index in [4.69, 9.17) is 9.47 Å². The molecule has 0 aliphatic heterocycles. The third kappa shape index (κ3) is 6.60. The van der Waals surface area contributed by atoms with Gasteiger partial charge >= 0.3 is 0 Å². The van der Waals surface area contributed by atoms with E-state index in [1.54, 1.807) is 48.5 Å². The number of amides is 2. The van der Waals surface area contributed by atoms with Crippen LogP contribution in [0, 0.1) is 5.92 Å². The van der Waals surface area contributed by atoms with Crippen molar-refractivity contribution in [2.24, 2.45) is 5.92 Å². The van der Waals surface area contributed by atoms with Crippen molar-refractivity contribution in [1.82, 2.24) is 10.9 Å². The molecule has 0 bridgehead atoms. The van der Waals surface area contributed by atoms with Crippen LogP contribution in [0.3, 0.4) is 0 Å². The van der Waals surface area contributed by atoms with Crippen molar-refractivity contribution in [2.45, 2.75) is 20.5 Å². The number of para-hydroxylation sites is 1. The molecular formula is C25H26N2O4. The number of rotatable bonds is 8. The Morgan fingerprint density at radius 1 is 0.774 bits per heavy atom. The van der Waals surface area contributed by atoms with Crippen molar-refractivity contribution in [3.63, 3.8) is 0 Å². The summed E-state index contributed by atoms with van der Waals surface area (Å²) < 4.78 is 11.4. The van der Waals surface area contributed by atoms with Crippen LogP contribution in [-0.4, -0.2) is 18.4 Å². The van der Waals surface area contributed by atoms with E-state index in [0.717, 1.165) is 5.56 Å². The van der Waals surface area contributed by atoms with Crippen LogP contribution in [0.4, 0.5) is 0 Å². The lowest BCUT2D eigenvalue weighted by atomic mass is 10.2. The molecule has 3 rings (SSSR count). The molecule has 2 amide bonds. The highest BCUT2D eigenvalue weighted by Gasteiger charge is 2.14. The minimum atomic E-state index is -0.449. The molecular weight excluding hydrogens is 392 g/mol. The third-order valence-corrected chi connectivity index (χ3v) is 4.36. The Morgan fingerprint density at radius 2 is 1.42 bits per heavy atom. The van der Waals surface area contributed by atoms with Gasteiger partial charge < -0.3 is 9.47 Å². The van der Waals surface area contributed by atoms with Gasteiger partial charge in [0.15, 0.2) is 0 Å². The Bertz CT molecular complexity index is 1000. The summed E-state index contributed by atoms with van der Waals surface area (Å²) in [4.78, 5) is 24.9. The van der Waals surface area contributed by atoms with Gasteiger partial charge in [-0.3, -0.25) is 20.4 Å². The molecule has 31 heavy (non-hydrogen) atoms. The molecule has 3 aromatic carbocycles. The van der Waals surface area contributed by atoms with Gasteiger partial charge in [0, 0.05) is 5.56 Å². The fourth-order valence-corrected chi connectivity index (χ4v) is 2.73. The average Bonchev–Trinajstić information content (AvgIpc) is 2.81. The highest BCUT2D eigenvalue weighted by molar-refractivity contribution is 6.00. The summed E-state index contributed by atoms with van der Waals surface area (Å²) in [6.45, 7) is 5.00. The van der Waals surface area contributed by atoms with E-state index in [2.05, 4.69) is 10.9 Å². The van der Waals surface area contributed by atoms with E-state index < -0.39 is 11.8 Å². The van der Waals surface area contributed by atoms with E-state index in [0.29, 0.717) is 41.8 Å². The van der Waals surface area contributed by atoms with Crippen molar-refractivity contribution in [1.29, 1.82) is 0 Å². The average molecular weight is 418 g/mol. The summed E-state index contributed by atoms with van der Waals surface area (Å²) in [5.41, 5.74) is 6.68. The zero-order chi connectivity index (χ0) is 22.1. The lowest BCUT2D eigenvalue weighted by molar-refractivity contribution is 0.0844. The first-order valence-electron chi connectivity index (χ1n) is 10.1. The van der Waals surface area contributed by atoms with Crippen LogP contribution in [0.15, 0.2) is 78.9 Å². The Morgan fingerprint density at radius 3 is 2.13 bits per heavy atom. The largest absolute Gasteiger partial charge is 0.492 e. The Labute approximate surface area is 182 Å². The van der Waals surface area contributed by atoms with Gasteiger partial charge in [-0.05, 0) is 47.9 Å². The molecule has 2 N–H and O–H groups in total. The predicted octanol–water partition coefficient (Wildman–Crippen LogP) is 4.38. The van der Waals surface area contributed by atoms with Gasteiger partial charge in [-0.2, -0.15) is 0 Å². The molecule has 0 heterocycles. The van der Waals surface area contributed by atoms with Crippen LogP contribution in [0.1, 0.15) is 40.1 Å². The number of benzene rings is 3. The maximum absolute atomic E-state index is 12.5. The number of carbonyl (C=O) groups is 2. The van der Waals surface area contributed by atoms with Crippen LogP contribution in [-0.2, 0) is 6.61 Å². The normalized spacial score (nSPS) is 10.4. The molecule has 6 heteroatoms. The van der Waals surface area contributed by atoms with Gasteiger partial charge in [0.2, 0.25) is 0 Å². The maximum atomic E-state index is 12.5. The first-order valence-corrected chi connectivity index (χ1v) is 10.1. The van der Waals surface area contributed by atoms with Gasteiger partial charge in [0.05, 0.1) is 12.2 Å². The summed E-state index contributed by atoms with van der Waals surface area (Å²) >= 11 is 0. The maximum Gasteiger partial charge on any atom is 0.273 e. The lowest BCUT2D eigenvalue weighted by Gasteiger charge is -2.13. The standard InChI is InChI=1S/C25H26N2O4/c1-18(2)16-31-23-11-7-6-10-22(23)25(29)27-26-24(28)20-12-14-21(15-13-20)30-17-19-8-4-3-5-9-19/h3-15,18H,16-17H2,1-2H3,(H,26,28)(H,27,29). The van der Waals surface area contributed by atoms with E-state index in [1.165, 1.54) is 0 Å². The summed E-state index contributed by atoms with van der Waals surface area (Å²) in [5.74, 6) is 0.582. The van der Waals surface area contributed by atoms with E-state index in [-0.39, 0.29) is 0 Å². The van der Waals surface area contributed by atoms with Crippen molar-refractivity contribution >= 4 is 11.8 Å². The fraction of sp³-hybridized carbons (Fsp3) is 0.200. The van der Waals surface area contributed by atoms with Gasteiger partial charge in [0.1, 0.15) is 18.1 Å². The van der Waals surface area contributed by atoms with Gasteiger partial charge in [-0.25, -0.2) is 0 Å². The van der Waals surface area contributed by atoms with Gasteiger partial charge in [-0.15, -0.1) is 0 Å². The van der Waals surface area contributed by atoms with Gasteiger partial charge in [-0.1, -0.05) is 56.3 Å². The van der Waals surface area contributed by atoms with Gasteiger partial charge in [0.25, 0.3) is 11.8 Å². The van der Waals surface area contributed by atoms with Crippen LogP contribution in [0.25, 0.3) is 0 Å². The monoisotopic (exact) mass is 418 g/mol. The van der Waals surface area contributed by atoms with Crippen molar-refractivity contribution in [2.75, 3.05) is 6.61 Å². The molecule has 0 saturated carbocycles. The fourth-order valence-electron chi connectivity index (χ4n) is 2.73. The number of nitrogens with one attached hydrogen (secondary N) is 2. The SMILES string of the molecule is CC(C)COc1ccccc1C(=O)NNC(=O)c1ccc(OCc2ccccc2)cc1. The van der Waals surface area contributed by atoms with Crippen molar-refractivity contribution < 1.29 is 19.1 Å². The highest BCUT2D eigenvalue weighted by atomic mass is 16.5. The Balaban J connectivity index is 1.53. The molecule has 0 fully saturated rings. The van der Waals surface area contributed by atoms with Crippen LogP contribution in [0.2, 0.25) is 0 Å². The lowest BCUT2D eigenvalue weighted by Crippen LogP contribution is -2.41. The molecule has 160 valence electrons. The molecule has 0 unspecified atom stereocenters. The second kappa shape index (κ2) is 10.8. The molecule has 0 saturated heterocycles. The van der Waals surface area contributed by atoms with Crippen molar-refractivity contribution in [3.8, 4) is 11.5 Å². The zero-order valence-electron chi connectivity index (χ0n) is 17.6. The quantitative estimate of drug-likeness (QED) is 0.533. The van der Waals surface area contributed by atoms with Crippen molar-refractivity contribution in [3.05, 3.63) is 95.6 Å². The number of hydrogen-bond donors (Lipinski definition) is 2. The first kappa shape index (κ1) is 21.9. The van der Waals surface area contributed by atoms with E-state index in [9.17, 15) is 9.59 Å².